The maximum absolute atomic E-state index is 13.8. The molecule has 6 heteroatoms. The number of rotatable bonds is 4. The molecule has 3 aromatic rings. The van der Waals surface area contributed by atoms with Crippen LogP contribution in [-0.4, -0.2) is 40.2 Å². The summed E-state index contributed by atoms with van der Waals surface area (Å²) in [5, 5.41) is 7.58. The van der Waals surface area contributed by atoms with Crippen LogP contribution in [0.2, 0.25) is 0 Å². The number of amides is 1. The number of carbonyl (C=O) groups excluding carboxylic acids is 1. The topological polar surface area (TPSA) is 50.2 Å². The molecule has 0 radical (unpaired) electrons. The summed E-state index contributed by atoms with van der Waals surface area (Å²) in [5.74, 6) is -0.263. The van der Waals surface area contributed by atoms with Gasteiger partial charge in [-0.3, -0.25) is 9.69 Å². The van der Waals surface area contributed by atoms with Crippen LogP contribution < -0.4 is 5.32 Å². The van der Waals surface area contributed by atoms with Crippen LogP contribution in [0.15, 0.2) is 54.7 Å². The zero-order valence-electron chi connectivity index (χ0n) is 15.2. The van der Waals surface area contributed by atoms with Crippen molar-refractivity contribution in [3.8, 4) is 16.9 Å². The van der Waals surface area contributed by atoms with E-state index in [4.69, 9.17) is 5.10 Å². The molecule has 1 aliphatic rings. The number of hydrogen-bond acceptors (Lipinski definition) is 3. The summed E-state index contributed by atoms with van der Waals surface area (Å²) in [5.41, 5.74) is 4.54. The predicted molar refractivity (Wildman–Crippen MR) is 102 cm³/mol. The van der Waals surface area contributed by atoms with Crippen molar-refractivity contribution in [1.82, 2.24) is 20.0 Å². The van der Waals surface area contributed by atoms with Gasteiger partial charge in [-0.15, -0.1) is 0 Å². The van der Waals surface area contributed by atoms with Crippen molar-refractivity contribution >= 4 is 5.91 Å². The maximum atomic E-state index is 13.8. The van der Waals surface area contributed by atoms with Crippen molar-refractivity contribution in [2.45, 2.75) is 13.5 Å². The van der Waals surface area contributed by atoms with E-state index in [1.54, 1.807) is 6.07 Å². The van der Waals surface area contributed by atoms with Crippen molar-refractivity contribution in [3.05, 3.63) is 71.7 Å². The van der Waals surface area contributed by atoms with Crippen LogP contribution in [0.25, 0.3) is 16.9 Å². The minimum absolute atomic E-state index is 0.0274. The lowest BCUT2D eigenvalue weighted by molar-refractivity contribution is -0.124. The van der Waals surface area contributed by atoms with E-state index in [2.05, 4.69) is 16.3 Å². The van der Waals surface area contributed by atoms with Gasteiger partial charge in [0.25, 0.3) is 0 Å². The lowest BCUT2D eigenvalue weighted by Gasteiger charge is -2.26. The van der Waals surface area contributed by atoms with Gasteiger partial charge in [0.1, 0.15) is 5.82 Å². The molecular formula is C21H21FN4O. The summed E-state index contributed by atoms with van der Waals surface area (Å²) in [6.45, 7) is 4.40. The molecule has 5 nitrogen and oxygen atoms in total. The molecular weight excluding hydrogens is 343 g/mol. The van der Waals surface area contributed by atoms with Crippen molar-refractivity contribution in [2.24, 2.45) is 0 Å². The SMILES string of the molecule is Cc1cccc(-n2cc(CN3CCNC(=O)C3)c(-c3cccc(F)c3)n2)c1. The number of benzene rings is 2. The highest BCUT2D eigenvalue weighted by molar-refractivity contribution is 5.78. The molecule has 2 aromatic carbocycles. The standard InChI is InChI=1S/C21H21FN4O/c1-15-4-2-7-19(10-15)26-13-17(12-25-9-8-23-20(27)14-25)21(24-26)16-5-3-6-18(22)11-16/h2-7,10-11,13H,8-9,12,14H2,1H3,(H,23,27). The van der Waals surface area contributed by atoms with E-state index < -0.39 is 0 Å². The quantitative estimate of drug-likeness (QED) is 0.774. The molecule has 27 heavy (non-hydrogen) atoms. The average Bonchev–Trinajstić information content (AvgIpc) is 3.06. The van der Waals surface area contributed by atoms with E-state index in [1.165, 1.54) is 12.1 Å². The second-order valence-corrected chi connectivity index (χ2v) is 6.86. The summed E-state index contributed by atoms with van der Waals surface area (Å²) >= 11 is 0. The zero-order valence-corrected chi connectivity index (χ0v) is 15.2. The third kappa shape index (κ3) is 3.90. The number of hydrogen-bond donors (Lipinski definition) is 1. The number of aryl methyl sites for hydroxylation is 1. The van der Waals surface area contributed by atoms with E-state index in [0.29, 0.717) is 19.6 Å². The molecule has 0 unspecified atom stereocenters. The molecule has 0 spiro atoms. The zero-order chi connectivity index (χ0) is 18.8. The first-order chi connectivity index (χ1) is 13.1. The molecule has 0 saturated carbocycles. The molecule has 0 aliphatic carbocycles. The summed E-state index contributed by atoms with van der Waals surface area (Å²) in [4.78, 5) is 13.8. The largest absolute Gasteiger partial charge is 0.354 e. The molecule has 1 aromatic heterocycles. The fraction of sp³-hybridized carbons (Fsp3) is 0.238. The number of carbonyl (C=O) groups is 1. The van der Waals surface area contributed by atoms with Crippen molar-refractivity contribution in [1.29, 1.82) is 0 Å². The third-order valence-electron chi connectivity index (χ3n) is 4.67. The molecule has 1 N–H and O–H groups in total. The van der Waals surface area contributed by atoms with Gasteiger partial charge in [0.15, 0.2) is 0 Å². The molecule has 1 fully saturated rings. The molecule has 1 saturated heterocycles. The van der Waals surface area contributed by atoms with E-state index in [0.717, 1.165) is 34.6 Å². The highest BCUT2D eigenvalue weighted by Gasteiger charge is 2.20. The smallest absolute Gasteiger partial charge is 0.234 e. The lowest BCUT2D eigenvalue weighted by atomic mass is 10.1. The normalized spacial score (nSPS) is 15.0. The van der Waals surface area contributed by atoms with Crippen molar-refractivity contribution < 1.29 is 9.18 Å². The van der Waals surface area contributed by atoms with Crippen LogP contribution in [0.5, 0.6) is 0 Å². The van der Waals surface area contributed by atoms with Gasteiger partial charge < -0.3 is 5.32 Å². The van der Waals surface area contributed by atoms with Gasteiger partial charge in [0, 0.05) is 37.0 Å². The third-order valence-corrected chi connectivity index (χ3v) is 4.67. The summed E-state index contributed by atoms with van der Waals surface area (Å²) in [6, 6.07) is 14.5. The Morgan fingerprint density at radius 2 is 2.04 bits per heavy atom. The Kier molecular flexibility index (Phi) is 4.73. The minimum Gasteiger partial charge on any atom is -0.354 e. The Bertz CT molecular complexity index is 982. The number of nitrogens with zero attached hydrogens (tertiary/aromatic N) is 3. The van der Waals surface area contributed by atoms with Gasteiger partial charge in [-0.1, -0.05) is 24.3 Å². The minimum atomic E-state index is -0.291. The maximum Gasteiger partial charge on any atom is 0.234 e. The van der Waals surface area contributed by atoms with Crippen LogP contribution in [0.3, 0.4) is 0 Å². The van der Waals surface area contributed by atoms with Crippen LogP contribution >= 0.6 is 0 Å². The fourth-order valence-corrected chi connectivity index (χ4v) is 3.37. The highest BCUT2D eigenvalue weighted by atomic mass is 19.1. The molecule has 1 amide bonds. The molecule has 1 aliphatic heterocycles. The lowest BCUT2D eigenvalue weighted by Crippen LogP contribution is -2.47. The molecule has 138 valence electrons. The number of piperazine rings is 1. The molecule has 0 atom stereocenters. The Morgan fingerprint density at radius 1 is 1.19 bits per heavy atom. The molecule has 2 heterocycles. The van der Waals surface area contributed by atoms with Gasteiger partial charge in [0.05, 0.1) is 17.9 Å². The summed E-state index contributed by atoms with van der Waals surface area (Å²) in [6.07, 6.45) is 1.97. The Hall–Kier alpha value is -2.99. The van der Waals surface area contributed by atoms with Gasteiger partial charge in [-0.2, -0.15) is 5.10 Å². The van der Waals surface area contributed by atoms with E-state index >= 15 is 0 Å². The first kappa shape index (κ1) is 17.4. The van der Waals surface area contributed by atoms with E-state index in [1.807, 2.05) is 42.1 Å². The molecule has 0 bridgehead atoms. The average molecular weight is 364 g/mol. The monoisotopic (exact) mass is 364 g/mol. The second kappa shape index (κ2) is 7.32. The summed E-state index contributed by atoms with van der Waals surface area (Å²) < 4.78 is 15.6. The molecule has 4 rings (SSSR count). The first-order valence-electron chi connectivity index (χ1n) is 8.99. The Balaban J connectivity index is 1.74. The van der Waals surface area contributed by atoms with Gasteiger partial charge in [-0.05, 0) is 36.8 Å². The highest BCUT2D eigenvalue weighted by Crippen LogP contribution is 2.26. The Labute approximate surface area is 157 Å². The predicted octanol–water partition coefficient (Wildman–Crippen LogP) is 2.92. The first-order valence-corrected chi connectivity index (χ1v) is 8.99. The number of nitrogens with one attached hydrogen (secondary N) is 1. The fourth-order valence-electron chi connectivity index (χ4n) is 3.37. The van der Waals surface area contributed by atoms with Gasteiger partial charge in [-0.25, -0.2) is 9.07 Å². The van der Waals surface area contributed by atoms with Gasteiger partial charge >= 0.3 is 0 Å². The summed E-state index contributed by atoms with van der Waals surface area (Å²) in [7, 11) is 0. The van der Waals surface area contributed by atoms with Crippen LogP contribution in [0.4, 0.5) is 4.39 Å². The van der Waals surface area contributed by atoms with Crippen LogP contribution in [0, 0.1) is 12.7 Å². The second-order valence-electron chi connectivity index (χ2n) is 6.86. The van der Waals surface area contributed by atoms with E-state index in [9.17, 15) is 9.18 Å². The van der Waals surface area contributed by atoms with Crippen LogP contribution in [-0.2, 0) is 11.3 Å². The Morgan fingerprint density at radius 3 is 2.81 bits per heavy atom. The van der Waals surface area contributed by atoms with Crippen molar-refractivity contribution in [2.75, 3.05) is 19.6 Å². The van der Waals surface area contributed by atoms with Gasteiger partial charge in [0.2, 0.25) is 5.91 Å². The van der Waals surface area contributed by atoms with Crippen molar-refractivity contribution in [3.63, 3.8) is 0 Å². The van der Waals surface area contributed by atoms with E-state index in [-0.39, 0.29) is 11.7 Å². The number of aromatic nitrogens is 2. The number of halogens is 1. The van der Waals surface area contributed by atoms with Crippen LogP contribution in [0.1, 0.15) is 11.1 Å².